The van der Waals surface area contributed by atoms with Crippen molar-refractivity contribution in [2.45, 2.75) is 4.90 Å². The quantitative estimate of drug-likeness (QED) is 0.266. The third-order valence-electron chi connectivity index (χ3n) is 3.00. The van der Waals surface area contributed by atoms with Gasteiger partial charge in [-0.15, -0.1) is 0 Å². The molecule has 0 saturated heterocycles. The molecule has 120 valence electrons. The summed E-state index contributed by atoms with van der Waals surface area (Å²) in [4.78, 5) is 22.8. The molecule has 2 aromatic carbocycles. The standard InChI is InChI=1S/C16H16NO5S/c1-23(15-5-3-2-4-6-15)12-11-21-16(18)22-14-9-7-13(8-10-14)17(19)20/h2-10H,11-12H2,1H3/q+1. The number of nitro groups is 1. The number of hydrogen-bond donors (Lipinski definition) is 0. The van der Waals surface area contributed by atoms with Crippen LogP contribution >= 0.6 is 0 Å². The van der Waals surface area contributed by atoms with Gasteiger partial charge in [0.25, 0.3) is 5.69 Å². The lowest BCUT2D eigenvalue weighted by atomic mass is 10.3. The van der Waals surface area contributed by atoms with Gasteiger partial charge in [0.2, 0.25) is 0 Å². The molecule has 2 aromatic rings. The Bertz CT molecular complexity index is 660. The van der Waals surface area contributed by atoms with E-state index in [2.05, 4.69) is 6.26 Å². The molecule has 0 fully saturated rings. The van der Waals surface area contributed by atoms with Gasteiger partial charge < -0.3 is 9.47 Å². The first-order chi connectivity index (χ1) is 11.1. The van der Waals surface area contributed by atoms with Crippen LogP contribution in [-0.4, -0.2) is 29.7 Å². The lowest BCUT2D eigenvalue weighted by molar-refractivity contribution is -0.384. The fraction of sp³-hybridized carbons (Fsp3) is 0.188. The maximum absolute atomic E-state index is 11.6. The highest BCUT2D eigenvalue weighted by molar-refractivity contribution is 7.96. The molecule has 0 bridgehead atoms. The Morgan fingerprint density at radius 3 is 2.39 bits per heavy atom. The van der Waals surface area contributed by atoms with Gasteiger partial charge in [-0.2, -0.15) is 0 Å². The van der Waals surface area contributed by atoms with Crippen molar-refractivity contribution >= 4 is 22.7 Å². The van der Waals surface area contributed by atoms with E-state index in [0.29, 0.717) is 5.75 Å². The molecular weight excluding hydrogens is 318 g/mol. The molecular formula is C16H16NO5S+. The first kappa shape index (κ1) is 16.8. The number of non-ortho nitro benzene ring substituents is 1. The first-order valence-corrected chi connectivity index (χ1v) is 8.63. The molecule has 23 heavy (non-hydrogen) atoms. The molecule has 0 aliphatic carbocycles. The minimum absolute atomic E-state index is 0.0124. The molecule has 0 radical (unpaired) electrons. The van der Waals surface area contributed by atoms with E-state index >= 15 is 0 Å². The highest BCUT2D eigenvalue weighted by atomic mass is 32.2. The molecule has 0 heterocycles. The summed E-state index contributed by atoms with van der Waals surface area (Å²) < 4.78 is 9.98. The zero-order valence-corrected chi connectivity index (χ0v) is 13.3. The summed E-state index contributed by atoms with van der Waals surface area (Å²) in [7, 11) is -0.0124. The lowest BCUT2D eigenvalue weighted by Gasteiger charge is -2.06. The molecule has 0 N–H and O–H groups in total. The van der Waals surface area contributed by atoms with Crippen molar-refractivity contribution in [3.05, 3.63) is 64.7 Å². The Balaban J connectivity index is 1.76. The summed E-state index contributed by atoms with van der Waals surface area (Å²) in [5.74, 6) is 0.915. The summed E-state index contributed by atoms with van der Waals surface area (Å²) in [6.45, 7) is 0.250. The second-order valence-corrected chi connectivity index (χ2v) is 6.76. The van der Waals surface area contributed by atoms with Crippen molar-refractivity contribution in [3.63, 3.8) is 0 Å². The van der Waals surface area contributed by atoms with Gasteiger partial charge in [-0.3, -0.25) is 10.1 Å². The molecule has 2 rings (SSSR count). The molecule has 0 aliphatic rings. The van der Waals surface area contributed by atoms with E-state index in [9.17, 15) is 14.9 Å². The van der Waals surface area contributed by atoms with Gasteiger partial charge in [0.1, 0.15) is 24.4 Å². The van der Waals surface area contributed by atoms with Crippen molar-refractivity contribution in [1.29, 1.82) is 0 Å². The zero-order chi connectivity index (χ0) is 16.7. The fourth-order valence-corrected chi connectivity index (χ4v) is 2.97. The van der Waals surface area contributed by atoms with Crippen LogP contribution in [0.2, 0.25) is 0 Å². The van der Waals surface area contributed by atoms with E-state index in [1.54, 1.807) is 0 Å². The van der Waals surface area contributed by atoms with Crippen LogP contribution in [0.5, 0.6) is 5.75 Å². The van der Waals surface area contributed by atoms with E-state index in [1.165, 1.54) is 29.2 Å². The Hall–Kier alpha value is -2.54. The van der Waals surface area contributed by atoms with Gasteiger partial charge in [-0.1, -0.05) is 18.2 Å². The number of ether oxygens (including phenoxy) is 2. The van der Waals surface area contributed by atoms with Crippen LogP contribution in [0.4, 0.5) is 10.5 Å². The van der Waals surface area contributed by atoms with Crippen molar-refractivity contribution in [3.8, 4) is 5.75 Å². The lowest BCUT2D eigenvalue weighted by Crippen LogP contribution is -2.17. The summed E-state index contributed by atoms with van der Waals surface area (Å²) >= 11 is 0. The van der Waals surface area contributed by atoms with E-state index in [0.717, 1.165) is 0 Å². The molecule has 0 amide bonds. The number of hydrogen-bond acceptors (Lipinski definition) is 5. The van der Waals surface area contributed by atoms with Gasteiger partial charge in [0.15, 0.2) is 4.90 Å². The average molecular weight is 334 g/mol. The molecule has 0 spiro atoms. The Morgan fingerprint density at radius 1 is 1.13 bits per heavy atom. The number of benzene rings is 2. The number of rotatable bonds is 6. The molecule has 0 saturated carbocycles. The molecule has 6 nitrogen and oxygen atoms in total. The van der Waals surface area contributed by atoms with Crippen molar-refractivity contribution in [1.82, 2.24) is 0 Å². The minimum Gasteiger partial charge on any atom is -0.429 e. The van der Waals surface area contributed by atoms with Crippen LogP contribution < -0.4 is 4.74 Å². The summed E-state index contributed by atoms with van der Waals surface area (Å²) in [6.07, 6.45) is 1.27. The zero-order valence-electron chi connectivity index (χ0n) is 12.5. The van der Waals surface area contributed by atoms with Crippen molar-refractivity contribution < 1.29 is 19.2 Å². The van der Waals surface area contributed by atoms with Crippen LogP contribution in [0.3, 0.4) is 0 Å². The smallest absolute Gasteiger partial charge is 0.429 e. The second kappa shape index (κ2) is 8.19. The summed E-state index contributed by atoms with van der Waals surface area (Å²) in [6, 6.07) is 15.2. The number of carbonyl (C=O) groups excluding carboxylic acids is 1. The van der Waals surface area contributed by atoms with Crippen molar-refractivity contribution in [2.24, 2.45) is 0 Å². The van der Waals surface area contributed by atoms with Crippen molar-refractivity contribution in [2.75, 3.05) is 18.6 Å². The molecule has 0 aromatic heterocycles. The van der Waals surface area contributed by atoms with E-state index in [4.69, 9.17) is 9.47 Å². The van der Waals surface area contributed by atoms with E-state index in [1.807, 2.05) is 30.3 Å². The Labute approximate surface area is 136 Å². The van der Waals surface area contributed by atoms with E-state index < -0.39 is 11.1 Å². The van der Waals surface area contributed by atoms with Crippen LogP contribution in [-0.2, 0) is 15.6 Å². The molecule has 0 aliphatic heterocycles. The molecule has 1 unspecified atom stereocenters. The third-order valence-corrected chi connectivity index (χ3v) is 4.86. The van der Waals surface area contributed by atoms with Gasteiger partial charge >= 0.3 is 6.16 Å². The number of nitrogens with zero attached hydrogens (tertiary/aromatic N) is 1. The van der Waals surface area contributed by atoms with Gasteiger partial charge in [0, 0.05) is 23.0 Å². The van der Waals surface area contributed by atoms with Gasteiger partial charge in [-0.25, -0.2) is 4.79 Å². The van der Waals surface area contributed by atoms with E-state index in [-0.39, 0.29) is 28.9 Å². The molecule has 1 atom stereocenters. The topological polar surface area (TPSA) is 78.7 Å². The second-order valence-electron chi connectivity index (χ2n) is 4.61. The van der Waals surface area contributed by atoms with Crippen LogP contribution in [0, 0.1) is 10.1 Å². The van der Waals surface area contributed by atoms with Crippen LogP contribution in [0.15, 0.2) is 59.5 Å². The maximum Gasteiger partial charge on any atom is 0.514 e. The number of nitro benzene ring substituents is 1. The normalized spacial score (nSPS) is 11.5. The monoisotopic (exact) mass is 334 g/mol. The fourth-order valence-electron chi connectivity index (χ4n) is 1.78. The predicted molar refractivity (Wildman–Crippen MR) is 87.9 cm³/mol. The minimum atomic E-state index is -0.816. The predicted octanol–water partition coefficient (Wildman–Crippen LogP) is 3.42. The van der Waals surface area contributed by atoms with Crippen LogP contribution in [0.1, 0.15) is 0 Å². The Kier molecular flexibility index (Phi) is 5.99. The highest BCUT2D eigenvalue weighted by Crippen LogP contribution is 2.17. The van der Waals surface area contributed by atoms with Gasteiger partial charge in [0.05, 0.1) is 4.92 Å². The summed E-state index contributed by atoms with van der Waals surface area (Å²) in [5.41, 5.74) is -0.0661. The SMILES string of the molecule is C[S+](CCOC(=O)Oc1ccc([N+](=O)[O-])cc1)c1ccccc1. The largest absolute Gasteiger partial charge is 0.514 e. The third kappa shape index (κ3) is 5.30. The number of carbonyl (C=O) groups is 1. The Morgan fingerprint density at radius 2 is 1.78 bits per heavy atom. The summed E-state index contributed by atoms with van der Waals surface area (Å²) in [5, 5.41) is 10.5. The van der Waals surface area contributed by atoms with Gasteiger partial charge in [-0.05, 0) is 24.3 Å². The average Bonchev–Trinajstić information content (AvgIpc) is 2.56. The highest BCUT2D eigenvalue weighted by Gasteiger charge is 2.16. The van der Waals surface area contributed by atoms with Crippen LogP contribution in [0.25, 0.3) is 0 Å². The molecule has 7 heteroatoms. The maximum atomic E-state index is 11.6. The first-order valence-electron chi connectivity index (χ1n) is 6.83.